The van der Waals surface area contributed by atoms with Gasteiger partial charge in [0, 0.05) is 6.42 Å². The summed E-state index contributed by atoms with van der Waals surface area (Å²) >= 11 is 3.10. The van der Waals surface area contributed by atoms with Crippen molar-refractivity contribution in [2.45, 2.75) is 16.8 Å². The molecule has 2 heterocycles. The third-order valence-corrected chi connectivity index (χ3v) is 7.38. The minimum Gasteiger partial charge on any atom is -0.272 e. The molecule has 4 nitrogen and oxygen atoms in total. The molecular weight excluding hydrogens is 434 g/mol. The first-order chi connectivity index (χ1) is 15.8. The summed E-state index contributed by atoms with van der Waals surface area (Å²) in [5.41, 5.74) is 4.07. The molecule has 32 heavy (non-hydrogen) atoms. The second-order valence-corrected chi connectivity index (χ2v) is 9.68. The predicted molar refractivity (Wildman–Crippen MR) is 134 cm³/mol. The number of fused-ring (bicyclic) bond motifs is 1. The molecule has 0 bridgehead atoms. The largest absolute Gasteiger partial charge is 0.272 e. The quantitative estimate of drug-likeness (QED) is 0.330. The van der Waals surface area contributed by atoms with Gasteiger partial charge in [-0.2, -0.15) is 5.10 Å². The Morgan fingerprint density at radius 3 is 2.50 bits per heavy atom. The van der Waals surface area contributed by atoms with Gasteiger partial charge in [-0.25, -0.2) is 9.99 Å². The van der Waals surface area contributed by atoms with Gasteiger partial charge in [-0.15, -0.1) is 11.3 Å². The van der Waals surface area contributed by atoms with Crippen molar-refractivity contribution in [2.75, 3.05) is 5.75 Å². The van der Waals surface area contributed by atoms with Crippen LogP contribution in [0.15, 0.2) is 100 Å². The molecular formula is C26H21N3OS2. The van der Waals surface area contributed by atoms with E-state index in [2.05, 4.69) is 35.3 Å². The van der Waals surface area contributed by atoms with Gasteiger partial charge in [0.25, 0.3) is 5.91 Å². The lowest BCUT2D eigenvalue weighted by Gasteiger charge is -2.18. The Bertz CT molecular complexity index is 1250. The van der Waals surface area contributed by atoms with Gasteiger partial charge in [-0.1, -0.05) is 96.7 Å². The number of amides is 1. The van der Waals surface area contributed by atoms with E-state index in [4.69, 9.17) is 5.10 Å². The fourth-order valence-electron chi connectivity index (χ4n) is 3.61. The normalized spacial score (nSPS) is 16.1. The van der Waals surface area contributed by atoms with E-state index in [1.807, 2.05) is 66.7 Å². The molecule has 3 aromatic carbocycles. The summed E-state index contributed by atoms with van der Waals surface area (Å²) in [5.74, 6) is 0.295. The second-order valence-electron chi connectivity index (χ2n) is 7.43. The number of aromatic nitrogens is 1. The maximum atomic E-state index is 13.2. The van der Waals surface area contributed by atoms with Gasteiger partial charge in [0.05, 0.1) is 27.7 Å². The zero-order chi connectivity index (χ0) is 21.8. The summed E-state index contributed by atoms with van der Waals surface area (Å²) in [6.07, 6.45) is 4.84. The Hall–Kier alpha value is -3.22. The molecule has 6 heteroatoms. The Labute approximate surface area is 195 Å². The van der Waals surface area contributed by atoms with Crippen LogP contribution in [0.4, 0.5) is 0 Å². The number of carbonyl (C=O) groups excluding carboxylic acids is 1. The number of thiazole rings is 1. The molecule has 1 aliphatic rings. The number of nitrogens with zero attached hydrogens (tertiary/aromatic N) is 3. The van der Waals surface area contributed by atoms with E-state index in [9.17, 15) is 4.79 Å². The average molecular weight is 456 g/mol. The number of hydrazone groups is 1. The molecule has 158 valence electrons. The highest BCUT2D eigenvalue weighted by atomic mass is 32.2. The van der Waals surface area contributed by atoms with E-state index in [0.29, 0.717) is 12.2 Å². The van der Waals surface area contributed by atoms with E-state index in [0.717, 1.165) is 31.4 Å². The molecule has 0 fully saturated rings. The highest BCUT2D eigenvalue weighted by Gasteiger charge is 2.30. The molecule has 1 aliphatic heterocycles. The fraction of sp³-hybridized carbons (Fsp3) is 0.115. The van der Waals surface area contributed by atoms with Gasteiger partial charge in [0.2, 0.25) is 0 Å². The molecule has 0 saturated carbocycles. The van der Waals surface area contributed by atoms with Crippen molar-refractivity contribution in [1.29, 1.82) is 0 Å². The van der Waals surface area contributed by atoms with Crippen molar-refractivity contribution in [3.8, 4) is 0 Å². The topological polar surface area (TPSA) is 45.6 Å². The summed E-state index contributed by atoms with van der Waals surface area (Å²) in [4.78, 5) is 17.8. The number of thioether (sulfide) groups is 1. The molecule has 5 rings (SSSR count). The van der Waals surface area contributed by atoms with Crippen LogP contribution in [0.5, 0.6) is 0 Å². The van der Waals surface area contributed by atoms with Crippen molar-refractivity contribution < 1.29 is 4.79 Å². The molecule has 0 saturated heterocycles. The zero-order valence-electron chi connectivity index (χ0n) is 17.3. The first kappa shape index (κ1) is 20.7. The second kappa shape index (κ2) is 9.51. The summed E-state index contributed by atoms with van der Waals surface area (Å²) < 4.78 is 2.04. The molecule has 1 aromatic heterocycles. The predicted octanol–water partition coefficient (Wildman–Crippen LogP) is 6.11. The molecule has 1 atom stereocenters. The number of hydrogen-bond acceptors (Lipinski definition) is 5. The maximum Gasteiger partial charge on any atom is 0.253 e. The van der Waals surface area contributed by atoms with Crippen molar-refractivity contribution in [2.24, 2.45) is 5.10 Å². The van der Waals surface area contributed by atoms with E-state index in [1.54, 1.807) is 16.3 Å². The lowest BCUT2D eigenvalue weighted by Crippen LogP contribution is -2.32. The van der Waals surface area contributed by atoms with Crippen LogP contribution in [0.3, 0.4) is 0 Å². The highest BCUT2D eigenvalue weighted by molar-refractivity contribution is 8.01. The summed E-state index contributed by atoms with van der Waals surface area (Å²) in [7, 11) is 0. The van der Waals surface area contributed by atoms with Gasteiger partial charge >= 0.3 is 0 Å². The molecule has 0 spiro atoms. The first-order valence-corrected chi connectivity index (χ1v) is 12.2. The Morgan fingerprint density at radius 1 is 1.00 bits per heavy atom. The highest BCUT2D eigenvalue weighted by Crippen LogP contribution is 2.30. The standard InChI is InChI=1S/C26H21N3OS2/c30-25(18-31-26-27-22-13-7-8-14-24(22)32-26)29-21(16-15-19-9-3-1-4-10-19)17-23(28-29)20-11-5-2-6-12-20/h1-16,21H,17-18H2/b16-15+. The van der Waals surface area contributed by atoms with E-state index in [1.165, 1.54) is 11.8 Å². The van der Waals surface area contributed by atoms with E-state index >= 15 is 0 Å². The molecule has 1 unspecified atom stereocenters. The Morgan fingerprint density at radius 2 is 1.72 bits per heavy atom. The van der Waals surface area contributed by atoms with Gasteiger partial charge in [-0.3, -0.25) is 4.79 Å². The van der Waals surface area contributed by atoms with Crippen LogP contribution in [0.25, 0.3) is 16.3 Å². The smallest absolute Gasteiger partial charge is 0.253 e. The minimum absolute atomic E-state index is 0.0112. The molecule has 4 aromatic rings. The molecule has 0 radical (unpaired) electrons. The van der Waals surface area contributed by atoms with Crippen molar-refractivity contribution in [3.05, 3.63) is 102 Å². The van der Waals surface area contributed by atoms with Crippen molar-refractivity contribution in [1.82, 2.24) is 9.99 Å². The SMILES string of the molecule is O=C(CSc1nc2ccccc2s1)N1N=C(c2ccccc2)CC1/C=C/c1ccccc1. The van der Waals surface area contributed by atoms with Gasteiger partial charge in [0.15, 0.2) is 4.34 Å². The van der Waals surface area contributed by atoms with Crippen LogP contribution in [0.2, 0.25) is 0 Å². The lowest BCUT2D eigenvalue weighted by molar-refractivity contribution is -0.129. The van der Waals surface area contributed by atoms with Gasteiger partial charge in [-0.05, 0) is 23.3 Å². The Kier molecular flexibility index (Phi) is 6.14. The van der Waals surface area contributed by atoms with Gasteiger partial charge in [0.1, 0.15) is 0 Å². The third-order valence-electron chi connectivity index (χ3n) is 5.21. The Balaban J connectivity index is 1.34. The molecule has 0 aliphatic carbocycles. The van der Waals surface area contributed by atoms with Gasteiger partial charge < -0.3 is 0 Å². The molecule has 0 N–H and O–H groups in total. The van der Waals surface area contributed by atoms with Crippen LogP contribution in [0, 0.1) is 0 Å². The fourth-order valence-corrected chi connectivity index (χ4v) is 5.54. The van der Waals surface area contributed by atoms with Crippen LogP contribution in [0.1, 0.15) is 17.5 Å². The number of rotatable bonds is 6. The zero-order valence-corrected chi connectivity index (χ0v) is 18.9. The summed E-state index contributed by atoms with van der Waals surface area (Å²) in [6, 6.07) is 28.1. The number of benzene rings is 3. The summed E-state index contributed by atoms with van der Waals surface area (Å²) in [6.45, 7) is 0. The first-order valence-electron chi connectivity index (χ1n) is 10.4. The monoisotopic (exact) mass is 455 g/mol. The van der Waals surface area contributed by atoms with E-state index in [-0.39, 0.29) is 11.9 Å². The minimum atomic E-state index is -0.103. The number of carbonyl (C=O) groups is 1. The van der Waals surface area contributed by atoms with Crippen molar-refractivity contribution in [3.63, 3.8) is 0 Å². The van der Waals surface area contributed by atoms with E-state index < -0.39 is 0 Å². The summed E-state index contributed by atoms with van der Waals surface area (Å²) in [5, 5.41) is 6.37. The lowest BCUT2D eigenvalue weighted by atomic mass is 10.0. The van der Waals surface area contributed by atoms with Crippen LogP contribution in [-0.2, 0) is 4.79 Å². The third kappa shape index (κ3) is 4.66. The van der Waals surface area contributed by atoms with Crippen LogP contribution in [-0.4, -0.2) is 33.4 Å². The number of hydrogen-bond donors (Lipinski definition) is 0. The van der Waals surface area contributed by atoms with Crippen LogP contribution >= 0.6 is 23.1 Å². The number of para-hydroxylation sites is 1. The molecule has 1 amide bonds. The van der Waals surface area contributed by atoms with Crippen LogP contribution < -0.4 is 0 Å². The maximum absolute atomic E-state index is 13.2. The average Bonchev–Trinajstić information content (AvgIpc) is 3.46. The van der Waals surface area contributed by atoms with Crippen molar-refractivity contribution >= 4 is 51.0 Å².